The lowest BCUT2D eigenvalue weighted by atomic mass is 10.3. The van der Waals surface area contributed by atoms with Crippen molar-refractivity contribution in [3.63, 3.8) is 0 Å². The SMILES string of the molecule is O=C(CN(c1cc(Cl)cc(Cl)c1)S(=O)(=O)c1ccccc1)Nc1cc(Cl)cc(Cl)c1. The third-order valence-corrected chi connectivity index (χ3v) is 6.56. The van der Waals surface area contributed by atoms with Crippen molar-refractivity contribution < 1.29 is 13.2 Å². The predicted molar refractivity (Wildman–Crippen MR) is 123 cm³/mol. The second kappa shape index (κ2) is 9.45. The molecule has 30 heavy (non-hydrogen) atoms. The van der Waals surface area contributed by atoms with Crippen molar-refractivity contribution in [2.24, 2.45) is 0 Å². The van der Waals surface area contributed by atoms with Gasteiger partial charge in [-0.3, -0.25) is 9.10 Å². The maximum atomic E-state index is 13.3. The molecular weight excluding hydrogens is 490 g/mol. The van der Waals surface area contributed by atoms with Gasteiger partial charge in [-0.05, 0) is 48.5 Å². The van der Waals surface area contributed by atoms with Gasteiger partial charge in [0.2, 0.25) is 5.91 Å². The molecule has 5 nitrogen and oxygen atoms in total. The van der Waals surface area contributed by atoms with Gasteiger partial charge in [0.1, 0.15) is 6.54 Å². The summed E-state index contributed by atoms with van der Waals surface area (Å²) in [6, 6.07) is 16.5. The molecule has 0 unspecified atom stereocenters. The van der Waals surface area contributed by atoms with E-state index >= 15 is 0 Å². The zero-order chi connectivity index (χ0) is 21.9. The first-order valence-electron chi connectivity index (χ1n) is 8.45. The quantitative estimate of drug-likeness (QED) is 0.439. The normalized spacial score (nSPS) is 11.2. The van der Waals surface area contributed by atoms with E-state index in [9.17, 15) is 13.2 Å². The highest BCUT2D eigenvalue weighted by atomic mass is 35.5. The van der Waals surface area contributed by atoms with E-state index in [1.165, 1.54) is 48.5 Å². The summed E-state index contributed by atoms with van der Waals surface area (Å²) in [4.78, 5) is 12.7. The van der Waals surface area contributed by atoms with Crippen LogP contribution in [0.1, 0.15) is 0 Å². The van der Waals surface area contributed by atoms with Crippen LogP contribution >= 0.6 is 46.4 Å². The fourth-order valence-electron chi connectivity index (χ4n) is 2.67. The molecule has 0 heterocycles. The Balaban J connectivity index is 1.98. The molecule has 0 aliphatic heterocycles. The van der Waals surface area contributed by atoms with Gasteiger partial charge >= 0.3 is 0 Å². The molecule has 3 aromatic rings. The fourth-order valence-corrected chi connectivity index (χ4v) is 5.14. The number of anilines is 2. The van der Waals surface area contributed by atoms with Gasteiger partial charge in [0.25, 0.3) is 10.0 Å². The van der Waals surface area contributed by atoms with Crippen LogP contribution in [0, 0.1) is 0 Å². The lowest BCUT2D eigenvalue weighted by Crippen LogP contribution is -2.38. The number of amides is 1. The highest BCUT2D eigenvalue weighted by Gasteiger charge is 2.27. The standard InChI is InChI=1S/C20H14Cl4N2O3S/c21-13-6-14(22)9-17(8-13)25-20(27)12-26(18-10-15(23)7-16(24)11-18)30(28,29)19-4-2-1-3-5-19/h1-11H,12H2,(H,25,27). The average Bonchev–Trinajstić information content (AvgIpc) is 2.65. The number of halogens is 4. The second-order valence-corrected chi connectivity index (χ2v) is 9.77. The summed E-state index contributed by atoms with van der Waals surface area (Å²) in [5.41, 5.74) is 0.481. The fraction of sp³-hybridized carbons (Fsp3) is 0.0500. The summed E-state index contributed by atoms with van der Waals surface area (Å²) in [5.74, 6) is -0.607. The Bertz CT molecular complexity index is 1150. The minimum atomic E-state index is -4.09. The minimum Gasteiger partial charge on any atom is -0.324 e. The number of carbonyl (C=O) groups excluding carboxylic acids is 1. The number of benzene rings is 3. The van der Waals surface area contributed by atoms with Crippen molar-refractivity contribution in [2.75, 3.05) is 16.2 Å². The molecule has 0 bridgehead atoms. The highest BCUT2D eigenvalue weighted by Crippen LogP contribution is 2.30. The van der Waals surface area contributed by atoms with Gasteiger partial charge in [0, 0.05) is 25.8 Å². The Morgan fingerprint density at radius 1 is 0.800 bits per heavy atom. The number of hydrogen-bond acceptors (Lipinski definition) is 3. The smallest absolute Gasteiger partial charge is 0.264 e. The van der Waals surface area contributed by atoms with Crippen LogP contribution in [-0.2, 0) is 14.8 Å². The first-order valence-corrected chi connectivity index (χ1v) is 11.4. The maximum absolute atomic E-state index is 13.3. The Kier molecular flexibility index (Phi) is 7.16. The molecule has 0 saturated carbocycles. The molecule has 0 aromatic heterocycles. The van der Waals surface area contributed by atoms with E-state index in [1.807, 2.05) is 0 Å². The van der Waals surface area contributed by atoms with Crippen molar-refractivity contribution in [3.8, 4) is 0 Å². The van der Waals surface area contributed by atoms with E-state index in [1.54, 1.807) is 18.2 Å². The molecule has 0 radical (unpaired) electrons. The maximum Gasteiger partial charge on any atom is 0.264 e. The molecule has 3 rings (SSSR count). The van der Waals surface area contributed by atoms with Crippen LogP contribution in [0.3, 0.4) is 0 Å². The van der Waals surface area contributed by atoms with Crippen LogP contribution in [0.25, 0.3) is 0 Å². The van der Waals surface area contributed by atoms with Crippen LogP contribution < -0.4 is 9.62 Å². The molecule has 3 aromatic carbocycles. The summed E-state index contributed by atoms with van der Waals surface area (Å²) in [6.07, 6.45) is 0. The van der Waals surface area contributed by atoms with Gasteiger partial charge in [0.15, 0.2) is 0 Å². The first kappa shape index (κ1) is 22.7. The molecule has 0 aliphatic carbocycles. The topological polar surface area (TPSA) is 66.5 Å². The Morgan fingerprint density at radius 2 is 1.30 bits per heavy atom. The number of rotatable bonds is 6. The van der Waals surface area contributed by atoms with Crippen LogP contribution in [0.4, 0.5) is 11.4 Å². The molecule has 0 fully saturated rings. The van der Waals surface area contributed by atoms with Crippen LogP contribution in [0.15, 0.2) is 71.6 Å². The highest BCUT2D eigenvalue weighted by molar-refractivity contribution is 7.92. The summed E-state index contributed by atoms with van der Waals surface area (Å²) < 4.78 is 27.5. The van der Waals surface area contributed by atoms with E-state index in [4.69, 9.17) is 46.4 Å². The Labute approximate surface area is 194 Å². The van der Waals surface area contributed by atoms with E-state index < -0.39 is 22.5 Å². The molecule has 0 saturated heterocycles. The number of carbonyl (C=O) groups is 1. The van der Waals surface area contributed by atoms with E-state index in [0.29, 0.717) is 15.7 Å². The average molecular weight is 504 g/mol. The van der Waals surface area contributed by atoms with Crippen molar-refractivity contribution in [2.45, 2.75) is 4.90 Å². The van der Waals surface area contributed by atoms with Crippen molar-refractivity contribution in [1.82, 2.24) is 0 Å². The first-order chi connectivity index (χ1) is 14.1. The van der Waals surface area contributed by atoms with Crippen LogP contribution in [0.2, 0.25) is 20.1 Å². The van der Waals surface area contributed by atoms with Crippen molar-refractivity contribution in [1.29, 1.82) is 0 Å². The van der Waals surface area contributed by atoms with Gasteiger partial charge in [-0.1, -0.05) is 64.6 Å². The van der Waals surface area contributed by atoms with Gasteiger partial charge in [-0.25, -0.2) is 8.42 Å². The summed E-state index contributed by atoms with van der Waals surface area (Å²) >= 11 is 24.0. The van der Waals surface area contributed by atoms with Crippen molar-refractivity contribution in [3.05, 3.63) is 86.8 Å². The summed E-state index contributed by atoms with van der Waals surface area (Å²) in [6.45, 7) is -0.530. The van der Waals surface area contributed by atoms with Crippen LogP contribution in [-0.4, -0.2) is 20.9 Å². The molecular formula is C20H14Cl4N2O3S. The number of nitrogens with zero attached hydrogens (tertiary/aromatic N) is 1. The molecule has 0 aliphatic rings. The lowest BCUT2D eigenvalue weighted by molar-refractivity contribution is -0.114. The van der Waals surface area contributed by atoms with E-state index in [0.717, 1.165) is 4.31 Å². The van der Waals surface area contributed by atoms with Gasteiger partial charge < -0.3 is 5.32 Å². The summed E-state index contributed by atoms with van der Waals surface area (Å²) in [7, 11) is -4.09. The molecule has 1 amide bonds. The number of hydrogen-bond donors (Lipinski definition) is 1. The third-order valence-electron chi connectivity index (χ3n) is 3.90. The van der Waals surface area contributed by atoms with E-state index in [2.05, 4.69) is 5.32 Å². The van der Waals surface area contributed by atoms with Crippen molar-refractivity contribution >= 4 is 73.7 Å². The monoisotopic (exact) mass is 502 g/mol. The zero-order valence-electron chi connectivity index (χ0n) is 15.2. The van der Waals surface area contributed by atoms with Crippen LogP contribution in [0.5, 0.6) is 0 Å². The van der Waals surface area contributed by atoms with Gasteiger partial charge in [-0.2, -0.15) is 0 Å². The minimum absolute atomic E-state index is 0.0136. The van der Waals surface area contributed by atoms with Gasteiger partial charge in [0.05, 0.1) is 10.6 Å². The Morgan fingerprint density at radius 3 is 1.83 bits per heavy atom. The number of nitrogens with one attached hydrogen (secondary N) is 1. The molecule has 156 valence electrons. The summed E-state index contributed by atoms with van der Waals surface area (Å²) in [5, 5.41) is 3.71. The molecule has 0 spiro atoms. The predicted octanol–water partition coefficient (Wildman–Crippen LogP) is 6.13. The molecule has 0 atom stereocenters. The lowest BCUT2D eigenvalue weighted by Gasteiger charge is -2.24. The largest absolute Gasteiger partial charge is 0.324 e. The number of sulfonamides is 1. The second-order valence-electron chi connectivity index (χ2n) is 6.16. The Hall–Kier alpha value is -1.96. The third kappa shape index (κ3) is 5.59. The molecule has 10 heteroatoms. The molecule has 1 N–H and O–H groups in total. The van der Waals surface area contributed by atoms with E-state index in [-0.39, 0.29) is 20.6 Å². The van der Waals surface area contributed by atoms with Gasteiger partial charge in [-0.15, -0.1) is 0 Å². The zero-order valence-corrected chi connectivity index (χ0v) is 19.0.